The van der Waals surface area contributed by atoms with Crippen LogP contribution in [0.4, 0.5) is 0 Å². The average molecular weight is 377 g/mol. The second-order valence-electron chi connectivity index (χ2n) is 5.06. The maximum atomic E-state index is 12.0. The summed E-state index contributed by atoms with van der Waals surface area (Å²) in [4.78, 5) is 44.9. The van der Waals surface area contributed by atoms with E-state index in [4.69, 9.17) is 15.9 Å². The molecule has 7 N–H and O–H groups in total. The van der Waals surface area contributed by atoms with Gasteiger partial charge >= 0.3 is 11.9 Å². The summed E-state index contributed by atoms with van der Waals surface area (Å²) in [5.74, 6) is -3.42. The molecule has 0 saturated heterocycles. The first-order valence-corrected chi connectivity index (χ1v) is 8.48. The molecule has 0 aromatic heterocycles. The van der Waals surface area contributed by atoms with E-state index >= 15 is 0 Å². The highest BCUT2D eigenvalue weighted by Crippen LogP contribution is 2.07. The number of carboxylic acids is 2. The standard InChI is InChI=1S/C14H23N3O7S/c1-2-8(18)6-25-7-10(13(22)16-5-12(20)21)17-11(19)4-3-9(15)14(23)24/h2,8-10,18H,1,3-7,15H2,(H,16,22)(H,17,19)(H,20,21)(H,23,24)/t8?,9-,10-/m0/s1. The van der Waals surface area contributed by atoms with Gasteiger partial charge in [-0.05, 0) is 6.42 Å². The van der Waals surface area contributed by atoms with Crippen LogP contribution in [0.1, 0.15) is 12.8 Å². The van der Waals surface area contributed by atoms with Crippen molar-refractivity contribution in [1.29, 1.82) is 0 Å². The molecule has 0 spiro atoms. The van der Waals surface area contributed by atoms with Crippen molar-refractivity contribution in [3.05, 3.63) is 12.7 Å². The molecule has 0 heterocycles. The van der Waals surface area contributed by atoms with Gasteiger partial charge in [0.05, 0.1) is 6.10 Å². The van der Waals surface area contributed by atoms with E-state index in [-0.39, 0.29) is 24.3 Å². The molecule has 10 nitrogen and oxygen atoms in total. The minimum Gasteiger partial charge on any atom is -0.480 e. The molecule has 0 radical (unpaired) electrons. The number of nitrogens with two attached hydrogens (primary N) is 1. The highest BCUT2D eigenvalue weighted by atomic mass is 32.2. The van der Waals surface area contributed by atoms with E-state index < -0.39 is 48.5 Å². The zero-order chi connectivity index (χ0) is 19.4. The van der Waals surface area contributed by atoms with Crippen molar-refractivity contribution in [2.75, 3.05) is 18.1 Å². The Labute approximate surface area is 148 Å². The fraction of sp³-hybridized carbons (Fsp3) is 0.571. The number of aliphatic hydroxyl groups is 1. The number of carbonyl (C=O) groups excluding carboxylic acids is 2. The lowest BCUT2D eigenvalue weighted by Gasteiger charge is -2.18. The van der Waals surface area contributed by atoms with Gasteiger partial charge in [0, 0.05) is 17.9 Å². The molecule has 0 fully saturated rings. The van der Waals surface area contributed by atoms with Gasteiger partial charge in [-0.2, -0.15) is 11.8 Å². The lowest BCUT2D eigenvalue weighted by atomic mass is 10.1. The Balaban J connectivity index is 4.61. The molecule has 11 heteroatoms. The first-order chi connectivity index (χ1) is 11.7. The number of carbonyl (C=O) groups is 4. The maximum Gasteiger partial charge on any atom is 0.322 e. The Kier molecular flexibility index (Phi) is 11.2. The Bertz CT molecular complexity index is 501. The molecule has 2 amide bonds. The van der Waals surface area contributed by atoms with Gasteiger partial charge in [0.25, 0.3) is 0 Å². The predicted octanol–water partition coefficient (Wildman–Crippen LogP) is -1.86. The monoisotopic (exact) mass is 377 g/mol. The van der Waals surface area contributed by atoms with Gasteiger partial charge in [-0.15, -0.1) is 6.58 Å². The van der Waals surface area contributed by atoms with Crippen LogP contribution >= 0.6 is 11.8 Å². The molecule has 0 rings (SSSR count). The van der Waals surface area contributed by atoms with Gasteiger partial charge in [-0.1, -0.05) is 6.08 Å². The van der Waals surface area contributed by atoms with Gasteiger partial charge in [-0.3, -0.25) is 19.2 Å². The number of aliphatic hydroxyl groups excluding tert-OH is 1. The molecule has 142 valence electrons. The van der Waals surface area contributed by atoms with E-state index in [9.17, 15) is 24.3 Å². The number of aliphatic carboxylic acids is 2. The lowest BCUT2D eigenvalue weighted by molar-refractivity contribution is -0.139. The summed E-state index contributed by atoms with van der Waals surface area (Å²) in [5, 5.41) is 31.2. The summed E-state index contributed by atoms with van der Waals surface area (Å²) in [7, 11) is 0. The molecular formula is C14H23N3O7S. The topological polar surface area (TPSA) is 179 Å². The molecule has 0 aliphatic carbocycles. The van der Waals surface area contributed by atoms with E-state index in [1.54, 1.807) is 0 Å². The third-order valence-electron chi connectivity index (χ3n) is 2.91. The molecule has 25 heavy (non-hydrogen) atoms. The van der Waals surface area contributed by atoms with Crippen LogP contribution in [0.25, 0.3) is 0 Å². The average Bonchev–Trinajstić information content (AvgIpc) is 2.55. The number of nitrogens with one attached hydrogen (secondary N) is 2. The van der Waals surface area contributed by atoms with E-state index in [1.165, 1.54) is 6.08 Å². The van der Waals surface area contributed by atoms with Gasteiger partial charge in [0.15, 0.2) is 0 Å². The van der Waals surface area contributed by atoms with E-state index in [2.05, 4.69) is 17.2 Å². The van der Waals surface area contributed by atoms with Crippen LogP contribution in [0, 0.1) is 0 Å². The molecule has 0 aliphatic heterocycles. The van der Waals surface area contributed by atoms with Crippen molar-refractivity contribution in [2.45, 2.75) is 31.0 Å². The Morgan fingerprint density at radius 3 is 2.36 bits per heavy atom. The molecule has 0 saturated carbocycles. The van der Waals surface area contributed by atoms with Crippen LogP contribution in [0.3, 0.4) is 0 Å². The molecular weight excluding hydrogens is 354 g/mol. The van der Waals surface area contributed by atoms with Crippen molar-refractivity contribution in [3.8, 4) is 0 Å². The van der Waals surface area contributed by atoms with Crippen LogP contribution in [-0.2, 0) is 19.2 Å². The van der Waals surface area contributed by atoms with Crippen LogP contribution < -0.4 is 16.4 Å². The summed E-state index contributed by atoms with van der Waals surface area (Å²) in [6.45, 7) is 2.81. The van der Waals surface area contributed by atoms with Crippen LogP contribution in [-0.4, -0.2) is 75.3 Å². The first-order valence-electron chi connectivity index (χ1n) is 7.33. The third kappa shape index (κ3) is 11.1. The summed E-state index contributed by atoms with van der Waals surface area (Å²) >= 11 is 1.16. The fourth-order valence-electron chi connectivity index (χ4n) is 1.52. The van der Waals surface area contributed by atoms with Crippen molar-refractivity contribution < 1.29 is 34.5 Å². The normalized spacial score (nSPS) is 14.0. The number of amides is 2. The molecule has 3 atom stereocenters. The summed E-state index contributed by atoms with van der Waals surface area (Å²) in [6.07, 6.45) is 0.235. The first kappa shape index (κ1) is 22.9. The molecule has 0 aliphatic rings. The van der Waals surface area contributed by atoms with Crippen molar-refractivity contribution >= 4 is 35.5 Å². The quantitative estimate of drug-likeness (QED) is 0.201. The van der Waals surface area contributed by atoms with Crippen LogP contribution in [0.2, 0.25) is 0 Å². The molecule has 0 aromatic rings. The Hall–Kier alpha value is -2.11. The van der Waals surface area contributed by atoms with Gasteiger partial charge in [0.1, 0.15) is 18.6 Å². The van der Waals surface area contributed by atoms with Gasteiger partial charge in [-0.25, -0.2) is 0 Å². The predicted molar refractivity (Wildman–Crippen MR) is 91.0 cm³/mol. The number of thioether (sulfide) groups is 1. The van der Waals surface area contributed by atoms with Crippen LogP contribution in [0.5, 0.6) is 0 Å². The van der Waals surface area contributed by atoms with E-state index in [0.717, 1.165) is 11.8 Å². The number of hydrogen-bond donors (Lipinski definition) is 6. The van der Waals surface area contributed by atoms with Crippen molar-refractivity contribution in [1.82, 2.24) is 10.6 Å². The highest BCUT2D eigenvalue weighted by molar-refractivity contribution is 7.99. The fourth-order valence-corrected chi connectivity index (χ4v) is 2.50. The zero-order valence-corrected chi connectivity index (χ0v) is 14.3. The second-order valence-corrected chi connectivity index (χ2v) is 6.13. The highest BCUT2D eigenvalue weighted by Gasteiger charge is 2.22. The maximum absolute atomic E-state index is 12.0. The summed E-state index contributed by atoms with van der Waals surface area (Å²) < 4.78 is 0. The smallest absolute Gasteiger partial charge is 0.322 e. The number of hydrogen-bond acceptors (Lipinski definition) is 7. The largest absolute Gasteiger partial charge is 0.480 e. The summed E-state index contributed by atoms with van der Waals surface area (Å²) in [6, 6.07) is -2.22. The number of rotatable bonds is 13. The Morgan fingerprint density at radius 2 is 1.84 bits per heavy atom. The SMILES string of the molecule is C=CC(O)CSC[C@H](NC(=O)CC[C@H](N)C(=O)O)C(=O)NCC(=O)O. The minimum atomic E-state index is -1.24. The number of carboxylic acid groups (broad SMARTS) is 2. The summed E-state index contributed by atoms with van der Waals surface area (Å²) in [5.41, 5.74) is 5.30. The zero-order valence-electron chi connectivity index (χ0n) is 13.5. The third-order valence-corrected chi connectivity index (χ3v) is 4.06. The van der Waals surface area contributed by atoms with Crippen molar-refractivity contribution in [3.63, 3.8) is 0 Å². The van der Waals surface area contributed by atoms with Gasteiger partial charge < -0.3 is 31.7 Å². The van der Waals surface area contributed by atoms with E-state index in [1.807, 2.05) is 0 Å². The van der Waals surface area contributed by atoms with E-state index in [0.29, 0.717) is 0 Å². The Morgan fingerprint density at radius 1 is 1.20 bits per heavy atom. The minimum absolute atomic E-state index is 0.0904. The van der Waals surface area contributed by atoms with Crippen molar-refractivity contribution in [2.24, 2.45) is 5.73 Å². The second kappa shape index (κ2) is 12.3. The molecule has 0 aromatic carbocycles. The lowest BCUT2D eigenvalue weighted by Crippen LogP contribution is -2.49. The van der Waals surface area contributed by atoms with Crippen LogP contribution in [0.15, 0.2) is 12.7 Å². The molecule has 1 unspecified atom stereocenters. The van der Waals surface area contributed by atoms with Gasteiger partial charge in [0.2, 0.25) is 11.8 Å². The molecule has 0 bridgehead atoms.